The molecule has 0 aliphatic carbocycles. The van der Waals surface area contributed by atoms with Crippen molar-refractivity contribution in [2.45, 2.75) is 39.8 Å². The molecule has 2 aromatic heterocycles. The fourth-order valence-corrected chi connectivity index (χ4v) is 4.75. The van der Waals surface area contributed by atoms with Gasteiger partial charge in [0.25, 0.3) is 0 Å². The lowest BCUT2D eigenvalue weighted by Gasteiger charge is -2.29. The molecule has 0 radical (unpaired) electrons. The number of aromatic nitrogens is 2. The van der Waals surface area contributed by atoms with E-state index in [0.717, 1.165) is 34.4 Å². The summed E-state index contributed by atoms with van der Waals surface area (Å²) in [7, 11) is 0. The van der Waals surface area contributed by atoms with Gasteiger partial charge in [0, 0.05) is 29.8 Å². The molecule has 1 aromatic carbocycles. The van der Waals surface area contributed by atoms with Crippen molar-refractivity contribution < 1.29 is 4.39 Å². The molecule has 2 atom stereocenters. The Kier molecular flexibility index (Phi) is 5.60. The molecule has 0 saturated carbocycles. The van der Waals surface area contributed by atoms with E-state index in [0.29, 0.717) is 5.92 Å². The lowest BCUT2D eigenvalue weighted by Crippen LogP contribution is -2.33. The summed E-state index contributed by atoms with van der Waals surface area (Å²) in [6.45, 7) is 9.40. The van der Waals surface area contributed by atoms with Crippen molar-refractivity contribution in [2.75, 3.05) is 6.54 Å². The summed E-state index contributed by atoms with van der Waals surface area (Å²) in [4.78, 5) is 6.88. The fourth-order valence-electron chi connectivity index (χ4n) is 4.43. The van der Waals surface area contributed by atoms with E-state index in [1.54, 1.807) is 12.1 Å². The molecule has 30 heavy (non-hydrogen) atoms. The first-order chi connectivity index (χ1) is 14.4. The zero-order valence-corrected chi connectivity index (χ0v) is 18.6. The maximum atomic E-state index is 13.9. The molecule has 1 aliphatic rings. The largest absolute Gasteiger partial charge is 0.352 e. The molecule has 3 aromatic rings. The molecule has 0 bridgehead atoms. The average molecular weight is 423 g/mol. The van der Waals surface area contributed by atoms with Crippen molar-refractivity contribution in [1.82, 2.24) is 19.8 Å². The molecule has 6 heteroatoms. The van der Waals surface area contributed by atoms with E-state index >= 15 is 0 Å². The van der Waals surface area contributed by atoms with E-state index in [1.165, 1.54) is 11.6 Å². The number of hydrogen-bond donors (Lipinski definition) is 1. The highest BCUT2D eigenvalue weighted by Gasteiger charge is 2.41. The van der Waals surface area contributed by atoms with Gasteiger partial charge in [0.15, 0.2) is 5.11 Å². The average Bonchev–Trinajstić information content (AvgIpc) is 3.18. The van der Waals surface area contributed by atoms with Gasteiger partial charge >= 0.3 is 0 Å². The molecule has 0 unspecified atom stereocenters. The highest BCUT2D eigenvalue weighted by atomic mass is 32.1. The minimum absolute atomic E-state index is 0.0170. The second kappa shape index (κ2) is 8.19. The number of rotatable bonds is 5. The summed E-state index contributed by atoms with van der Waals surface area (Å²) in [6.07, 6.45) is 1.82. The predicted molar refractivity (Wildman–Crippen MR) is 122 cm³/mol. The molecule has 4 rings (SSSR count). The number of benzene rings is 1. The van der Waals surface area contributed by atoms with Crippen LogP contribution in [0.1, 0.15) is 48.6 Å². The van der Waals surface area contributed by atoms with Crippen molar-refractivity contribution in [1.29, 1.82) is 0 Å². The van der Waals surface area contributed by atoms with Crippen LogP contribution in [0.5, 0.6) is 0 Å². The number of nitrogens with zero attached hydrogens (tertiary/aromatic N) is 3. The quantitative estimate of drug-likeness (QED) is 0.569. The van der Waals surface area contributed by atoms with Gasteiger partial charge in [-0.05, 0) is 73.9 Å². The Morgan fingerprint density at radius 1 is 1.13 bits per heavy atom. The molecular formula is C24H27FN4S. The number of hydrogen-bond acceptors (Lipinski definition) is 2. The second-order valence-electron chi connectivity index (χ2n) is 8.31. The number of pyridine rings is 1. The van der Waals surface area contributed by atoms with Gasteiger partial charge in [-0.3, -0.25) is 4.98 Å². The summed E-state index contributed by atoms with van der Waals surface area (Å²) < 4.78 is 16.0. The van der Waals surface area contributed by atoms with Gasteiger partial charge < -0.3 is 14.8 Å². The number of thiocarbonyl (C=S) groups is 1. The molecule has 4 nitrogen and oxygen atoms in total. The first kappa shape index (κ1) is 20.5. The van der Waals surface area contributed by atoms with Gasteiger partial charge in [0.1, 0.15) is 5.82 Å². The van der Waals surface area contributed by atoms with Crippen molar-refractivity contribution in [3.05, 3.63) is 83.2 Å². The second-order valence-corrected chi connectivity index (χ2v) is 8.70. The molecule has 3 heterocycles. The normalized spacial score (nSPS) is 18.9. The zero-order valence-electron chi connectivity index (χ0n) is 17.8. The van der Waals surface area contributed by atoms with Gasteiger partial charge in [0.05, 0.1) is 17.8 Å². The van der Waals surface area contributed by atoms with E-state index in [2.05, 4.69) is 53.5 Å². The monoisotopic (exact) mass is 422 g/mol. The lowest BCUT2D eigenvalue weighted by atomic mass is 9.96. The van der Waals surface area contributed by atoms with Crippen LogP contribution in [-0.2, 0) is 0 Å². The number of halogens is 1. The minimum atomic E-state index is -0.238. The Morgan fingerprint density at radius 2 is 1.93 bits per heavy atom. The summed E-state index contributed by atoms with van der Waals surface area (Å²) in [5.74, 6) is 0.222. The van der Waals surface area contributed by atoms with Crippen LogP contribution in [0, 0.1) is 25.6 Å². The SMILES string of the molecule is Cc1cc([C@H]2[C@H](c3ccccn3)NC(=S)N2CC(C)C)c(C)n1-c1cccc(F)c1. The Morgan fingerprint density at radius 3 is 2.60 bits per heavy atom. The first-order valence-corrected chi connectivity index (χ1v) is 10.7. The van der Waals surface area contributed by atoms with Crippen molar-refractivity contribution >= 4 is 17.3 Å². The highest BCUT2D eigenvalue weighted by molar-refractivity contribution is 7.80. The van der Waals surface area contributed by atoms with Crippen LogP contribution in [0.4, 0.5) is 4.39 Å². The Balaban J connectivity index is 1.84. The fraction of sp³-hybridized carbons (Fsp3) is 0.333. The smallest absolute Gasteiger partial charge is 0.170 e. The molecule has 0 spiro atoms. The Hall–Kier alpha value is -2.73. The van der Waals surface area contributed by atoms with E-state index in [9.17, 15) is 4.39 Å². The van der Waals surface area contributed by atoms with E-state index in [4.69, 9.17) is 12.2 Å². The van der Waals surface area contributed by atoms with Crippen LogP contribution in [0.25, 0.3) is 5.69 Å². The van der Waals surface area contributed by atoms with Crippen LogP contribution >= 0.6 is 12.2 Å². The summed E-state index contributed by atoms with van der Waals surface area (Å²) in [6, 6.07) is 14.9. The summed E-state index contributed by atoms with van der Waals surface area (Å²) in [5.41, 5.74) is 5.13. The molecule has 0 amide bonds. The van der Waals surface area contributed by atoms with Crippen molar-refractivity contribution in [3.8, 4) is 5.69 Å². The van der Waals surface area contributed by atoms with Gasteiger partial charge in [-0.2, -0.15) is 0 Å². The maximum Gasteiger partial charge on any atom is 0.170 e. The van der Waals surface area contributed by atoms with Crippen LogP contribution in [0.2, 0.25) is 0 Å². The highest BCUT2D eigenvalue weighted by Crippen LogP contribution is 2.41. The maximum absolute atomic E-state index is 13.9. The third kappa shape index (κ3) is 3.72. The van der Waals surface area contributed by atoms with Crippen molar-refractivity contribution in [2.24, 2.45) is 5.92 Å². The number of aryl methyl sites for hydroxylation is 1. The third-order valence-electron chi connectivity index (χ3n) is 5.61. The van der Waals surface area contributed by atoms with Gasteiger partial charge in [0.2, 0.25) is 0 Å². The molecule has 1 saturated heterocycles. The standard InChI is InChI=1S/C24H27FN4S/c1-15(2)14-28-23(22(27-24(28)30)21-10-5-6-11-26-21)20-12-16(3)29(17(20)4)19-9-7-8-18(25)13-19/h5-13,15,22-23H,14H2,1-4H3,(H,27,30)/t22-,23-/m0/s1. The molecular weight excluding hydrogens is 395 g/mol. The van der Waals surface area contributed by atoms with Gasteiger partial charge in [-0.15, -0.1) is 0 Å². The predicted octanol–water partition coefficient (Wildman–Crippen LogP) is 5.26. The molecule has 1 N–H and O–H groups in total. The van der Waals surface area contributed by atoms with Crippen LogP contribution < -0.4 is 5.32 Å². The Labute approximate surface area is 182 Å². The third-order valence-corrected chi connectivity index (χ3v) is 5.97. The Bertz CT molecular complexity index is 1060. The molecule has 156 valence electrons. The summed E-state index contributed by atoms with van der Waals surface area (Å²) >= 11 is 5.74. The summed E-state index contributed by atoms with van der Waals surface area (Å²) in [5, 5.41) is 4.25. The van der Waals surface area contributed by atoms with E-state index in [-0.39, 0.29) is 17.9 Å². The van der Waals surface area contributed by atoms with Crippen LogP contribution in [-0.4, -0.2) is 26.1 Å². The number of nitrogens with one attached hydrogen (secondary N) is 1. The lowest BCUT2D eigenvalue weighted by molar-refractivity contribution is 0.287. The van der Waals surface area contributed by atoms with Gasteiger partial charge in [-0.1, -0.05) is 26.0 Å². The van der Waals surface area contributed by atoms with Crippen LogP contribution in [0.3, 0.4) is 0 Å². The zero-order chi connectivity index (χ0) is 21.4. The van der Waals surface area contributed by atoms with Gasteiger partial charge in [-0.25, -0.2) is 4.39 Å². The minimum Gasteiger partial charge on any atom is -0.352 e. The van der Waals surface area contributed by atoms with E-state index < -0.39 is 0 Å². The van der Waals surface area contributed by atoms with E-state index in [1.807, 2.05) is 30.5 Å². The first-order valence-electron chi connectivity index (χ1n) is 10.3. The van der Waals surface area contributed by atoms with Crippen molar-refractivity contribution in [3.63, 3.8) is 0 Å². The topological polar surface area (TPSA) is 33.1 Å². The van der Waals surface area contributed by atoms with Crippen LogP contribution in [0.15, 0.2) is 54.7 Å². The molecule has 1 aliphatic heterocycles. The molecule has 1 fully saturated rings.